The Kier molecular flexibility index (Phi) is 2.43. The Morgan fingerprint density at radius 3 is 2.70 bits per heavy atom. The third kappa shape index (κ3) is 1.47. The summed E-state index contributed by atoms with van der Waals surface area (Å²) in [7, 11) is 0. The molecule has 0 aliphatic rings. The van der Waals surface area contributed by atoms with Crippen LogP contribution in [0.4, 0.5) is 5.82 Å². The first-order valence-corrected chi connectivity index (χ1v) is 8.12. The number of rotatable bonds is 1. The number of aryl methyl sites for hydroxylation is 2. The summed E-state index contributed by atoms with van der Waals surface area (Å²) in [6.45, 7) is 4.18. The van der Waals surface area contributed by atoms with E-state index in [1.165, 1.54) is 15.0 Å². The fourth-order valence-electron chi connectivity index (χ4n) is 2.68. The van der Waals surface area contributed by atoms with Crippen molar-refractivity contribution in [1.82, 2.24) is 9.38 Å². The van der Waals surface area contributed by atoms with Crippen LogP contribution in [0.15, 0.2) is 29.0 Å². The molecule has 20 heavy (non-hydrogen) atoms. The lowest BCUT2D eigenvalue weighted by Gasteiger charge is -2.03. The minimum Gasteiger partial charge on any atom is -0.383 e. The second-order valence-corrected chi connectivity index (χ2v) is 6.92. The fourth-order valence-corrected chi connectivity index (χ4v) is 4.23. The van der Waals surface area contributed by atoms with Gasteiger partial charge in [-0.2, -0.15) is 0 Å². The van der Waals surface area contributed by atoms with Gasteiger partial charge in [0, 0.05) is 16.1 Å². The number of fused-ring (bicyclic) bond motifs is 3. The molecular weight excluding hydrogens is 286 g/mol. The van der Waals surface area contributed by atoms with Crippen LogP contribution in [-0.2, 0) is 0 Å². The highest BCUT2D eigenvalue weighted by Gasteiger charge is 2.17. The predicted molar refractivity (Wildman–Crippen MR) is 87.8 cm³/mol. The summed E-state index contributed by atoms with van der Waals surface area (Å²) in [5.41, 5.74) is 10.5. The van der Waals surface area contributed by atoms with Gasteiger partial charge in [-0.25, -0.2) is 4.98 Å². The topological polar surface area (TPSA) is 43.3 Å². The van der Waals surface area contributed by atoms with Crippen LogP contribution < -0.4 is 5.73 Å². The van der Waals surface area contributed by atoms with Crippen molar-refractivity contribution >= 4 is 44.2 Å². The van der Waals surface area contributed by atoms with Crippen molar-refractivity contribution in [2.75, 3.05) is 5.73 Å². The zero-order valence-corrected chi connectivity index (χ0v) is 12.8. The van der Waals surface area contributed by atoms with E-state index in [-0.39, 0.29) is 0 Å². The largest absolute Gasteiger partial charge is 0.383 e. The number of anilines is 1. The van der Waals surface area contributed by atoms with Gasteiger partial charge in [-0.15, -0.1) is 22.7 Å². The number of nitrogen functional groups attached to an aromatic ring is 1. The number of hydrogen-bond donors (Lipinski definition) is 1. The number of thiophene rings is 2. The monoisotopic (exact) mass is 299 g/mol. The molecule has 0 saturated carbocycles. The highest BCUT2D eigenvalue weighted by atomic mass is 32.1. The summed E-state index contributed by atoms with van der Waals surface area (Å²) in [6, 6.07) is 6.40. The second-order valence-electron chi connectivity index (χ2n) is 4.89. The molecule has 2 N–H and O–H groups in total. The van der Waals surface area contributed by atoms with E-state index in [2.05, 4.69) is 47.2 Å². The number of aromatic nitrogens is 2. The molecule has 0 spiro atoms. The smallest absolute Gasteiger partial charge is 0.157 e. The van der Waals surface area contributed by atoms with Crippen molar-refractivity contribution < 1.29 is 0 Å². The van der Waals surface area contributed by atoms with Gasteiger partial charge in [-0.3, -0.25) is 4.40 Å². The second kappa shape index (κ2) is 4.07. The van der Waals surface area contributed by atoms with Crippen LogP contribution in [0.5, 0.6) is 0 Å². The average Bonchev–Trinajstić information content (AvgIpc) is 3.08. The summed E-state index contributed by atoms with van der Waals surface area (Å²) in [6.07, 6.45) is 0. The molecular formula is C15H13N3S2. The van der Waals surface area contributed by atoms with E-state index in [0.717, 1.165) is 28.4 Å². The Bertz CT molecular complexity index is 943. The third-order valence-electron chi connectivity index (χ3n) is 3.64. The van der Waals surface area contributed by atoms with Gasteiger partial charge >= 0.3 is 0 Å². The third-order valence-corrected chi connectivity index (χ3v) is 5.41. The molecule has 0 amide bonds. The maximum absolute atomic E-state index is 6.37. The van der Waals surface area contributed by atoms with Crippen molar-refractivity contribution in [3.8, 4) is 11.3 Å². The molecule has 0 radical (unpaired) electrons. The summed E-state index contributed by atoms with van der Waals surface area (Å²) in [5.74, 6) is 0.731. The van der Waals surface area contributed by atoms with Crippen LogP contribution in [0.3, 0.4) is 0 Å². The molecule has 0 aromatic carbocycles. The lowest BCUT2D eigenvalue weighted by molar-refractivity contribution is 1.12. The highest BCUT2D eigenvalue weighted by molar-refractivity contribution is 7.18. The molecule has 4 heterocycles. The van der Waals surface area contributed by atoms with Gasteiger partial charge in [0.2, 0.25) is 0 Å². The molecule has 0 atom stereocenters. The number of nitrogens with zero attached hydrogens (tertiary/aromatic N) is 2. The van der Waals surface area contributed by atoms with Crippen molar-refractivity contribution in [1.29, 1.82) is 0 Å². The summed E-state index contributed by atoms with van der Waals surface area (Å²) < 4.78 is 3.26. The number of hydrogen-bond acceptors (Lipinski definition) is 4. The minimum absolute atomic E-state index is 0.731. The zero-order chi connectivity index (χ0) is 13.9. The molecule has 0 bridgehead atoms. The van der Waals surface area contributed by atoms with Crippen LogP contribution in [0.1, 0.15) is 10.6 Å². The molecule has 0 saturated heterocycles. The van der Waals surface area contributed by atoms with Gasteiger partial charge in [0.25, 0.3) is 0 Å². The van der Waals surface area contributed by atoms with Crippen molar-refractivity contribution in [3.63, 3.8) is 0 Å². The lowest BCUT2D eigenvalue weighted by Crippen LogP contribution is -1.97. The molecule has 4 rings (SSSR count). The molecule has 4 aromatic rings. The Balaban J connectivity index is 2.17. The lowest BCUT2D eigenvalue weighted by atomic mass is 10.2. The van der Waals surface area contributed by atoms with E-state index in [0.29, 0.717) is 0 Å². The van der Waals surface area contributed by atoms with E-state index in [9.17, 15) is 0 Å². The SMILES string of the molecule is Cc1sccc1-c1nc2c3sccc3cc(C)n2c1N. The van der Waals surface area contributed by atoms with Gasteiger partial charge in [-0.05, 0) is 48.2 Å². The van der Waals surface area contributed by atoms with E-state index in [1.54, 1.807) is 22.7 Å². The van der Waals surface area contributed by atoms with Crippen molar-refractivity contribution in [2.24, 2.45) is 0 Å². The van der Waals surface area contributed by atoms with Gasteiger partial charge in [0.15, 0.2) is 5.65 Å². The average molecular weight is 299 g/mol. The summed E-state index contributed by atoms with van der Waals surface area (Å²) in [5, 5.41) is 5.42. The predicted octanol–water partition coefficient (Wildman–Crippen LogP) is 4.48. The highest BCUT2D eigenvalue weighted by Crippen LogP contribution is 2.36. The first-order chi connectivity index (χ1) is 9.66. The Labute approximate surface area is 124 Å². The molecule has 0 aliphatic carbocycles. The molecule has 4 aromatic heterocycles. The van der Waals surface area contributed by atoms with Crippen LogP contribution >= 0.6 is 22.7 Å². The standard InChI is InChI=1S/C15H13N3S2/c1-8-7-10-3-5-20-13(10)15-17-12(14(16)18(8)15)11-4-6-19-9(11)2/h3-7H,16H2,1-2H3. The molecule has 0 fully saturated rings. The maximum Gasteiger partial charge on any atom is 0.157 e. The van der Waals surface area contributed by atoms with Gasteiger partial charge in [0.05, 0.1) is 4.70 Å². The van der Waals surface area contributed by atoms with E-state index in [1.807, 2.05) is 0 Å². The van der Waals surface area contributed by atoms with Crippen LogP contribution in [0.2, 0.25) is 0 Å². The van der Waals surface area contributed by atoms with Crippen LogP contribution in [0.25, 0.3) is 27.0 Å². The Morgan fingerprint density at radius 2 is 1.95 bits per heavy atom. The molecule has 5 heteroatoms. The summed E-state index contributed by atoms with van der Waals surface area (Å²) in [4.78, 5) is 6.08. The fraction of sp³-hybridized carbons (Fsp3) is 0.133. The molecule has 0 aliphatic heterocycles. The molecule has 100 valence electrons. The summed E-state index contributed by atoms with van der Waals surface area (Å²) >= 11 is 3.44. The first-order valence-electron chi connectivity index (χ1n) is 6.36. The van der Waals surface area contributed by atoms with Crippen LogP contribution in [0, 0.1) is 13.8 Å². The quantitative estimate of drug-likeness (QED) is 0.563. The molecule has 3 nitrogen and oxygen atoms in total. The van der Waals surface area contributed by atoms with Gasteiger partial charge in [0.1, 0.15) is 11.5 Å². The van der Waals surface area contributed by atoms with Gasteiger partial charge in [-0.1, -0.05) is 0 Å². The Hall–Kier alpha value is -1.85. The number of nitrogens with two attached hydrogens (primary N) is 1. The van der Waals surface area contributed by atoms with E-state index >= 15 is 0 Å². The zero-order valence-electron chi connectivity index (χ0n) is 11.2. The van der Waals surface area contributed by atoms with Crippen molar-refractivity contribution in [2.45, 2.75) is 13.8 Å². The van der Waals surface area contributed by atoms with E-state index in [4.69, 9.17) is 10.7 Å². The minimum atomic E-state index is 0.731. The maximum atomic E-state index is 6.37. The van der Waals surface area contributed by atoms with Crippen LogP contribution in [-0.4, -0.2) is 9.38 Å². The molecule has 0 unspecified atom stereocenters. The van der Waals surface area contributed by atoms with E-state index < -0.39 is 0 Å². The Morgan fingerprint density at radius 1 is 1.15 bits per heavy atom. The van der Waals surface area contributed by atoms with Crippen molar-refractivity contribution in [3.05, 3.63) is 39.5 Å². The number of imidazole rings is 1. The normalized spacial score (nSPS) is 11.7. The first kappa shape index (κ1) is 11.9. The number of pyridine rings is 1. The van der Waals surface area contributed by atoms with Gasteiger partial charge < -0.3 is 5.73 Å².